The average Bonchev–Trinajstić information content (AvgIpc) is 2.56. The molecule has 1 atom stereocenters. The number of hydrogen-bond donors (Lipinski definition) is 0. The smallest absolute Gasteiger partial charge is 0.380 e. The summed E-state index contributed by atoms with van der Waals surface area (Å²) < 4.78 is 10.3. The van der Waals surface area contributed by atoms with Crippen LogP contribution in [0.4, 0.5) is 0 Å². The second-order valence-corrected chi connectivity index (χ2v) is 4.95. The van der Waals surface area contributed by atoms with E-state index >= 15 is 0 Å². The summed E-state index contributed by atoms with van der Waals surface area (Å²) in [5.41, 5.74) is 0.211. The monoisotopic (exact) mass is 309 g/mol. The number of rotatable bonds is 10. The normalized spacial score (nSPS) is 11.8. The largest absolute Gasteiger partial charge is 0.496 e. The number of carbonyl (C=O) groups excluding carboxylic acids is 1. The van der Waals surface area contributed by atoms with Gasteiger partial charge in [-0.3, -0.25) is 4.89 Å². The van der Waals surface area contributed by atoms with Crippen LogP contribution in [0.5, 0.6) is 11.5 Å². The lowest BCUT2D eigenvalue weighted by atomic mass is 10.0. The second kappa shape index (κ2) is 10.1. The molecule has 0 aromatic heterocycles. The molecule has 0 aliphatic carbocycles. The number of methoxy groups -OCH3 is 2. The Labute approximate surface area is 132 Å². The zero-order valence-corrected chi connectivity index (χ0v) is 13.8. The molecule has 22 heavy (non-hydrogen) atoms. The Kier molecular flexibility index (Phi) is 8.36. The van der Waals surface area contributed by atoms with Gasteiger partial charge in [-0.05, 0) is 24.5 Å². The van der Waals surface area contributed by atoms with Gasteiger partial charge in [0.05, 0.1) is 14.2 Å². The zero-order valence-electron chi connectivity index (χ0n) is 13.8. The maximum atomic E-state index is 12.2. The minimum absolute atomic E-state index is 0.211. The Morgan fingerprint density at radius 2 is 1.82 bits per heavy atom. The Morgan fingerprint density at radius 3 is 2.32 bits per heavy atom. The van der Waals surface area contributed by atoms with Gasteiger partial charge in [0.1, 0.15) is 23.7 Å². The third-order valence-electron chi connectivity index (χ3n) is 3.46. The van der Waals surface area contributed by atoms with Crippen molar-refractivity contribution in [2.24, 2.45) is 5.92 Å². The summed E-state index contributed by atoms with van der Waals surface area (Å²) in [5.74, 6) is 0.389. The molecule has 0 N–H and O–H groups in total. The summed E-state index contributed by atoms with van der Waals surface area (Å²) >= 11 is 0. The lowest BCUT2D eigenvalue weighted by molar-refractivity contribution is -0.219. The fourth-order valence-electron chi connectivity index (χ4n) is 2.08. The molecule has 0 saturated carbocycles. The van der Waals surface area contributed by atoms with E-state index < -0.39 is 5.97 Å². The van der Waals surface area contributed by atoms with Gasteiger partial charge < -0.3 is 9.47 Å². The van der Waals surface area contributed by atoms with Crippen molar-refractivity contribution < 1.29 is 24.0 Å². The Balaban J connectivity index is 2.62. The first-order chi connectivity index (χ1) is 10.7. The SMILES string of the molecule is CCCCC([CH]OOC(=O)c1c(OC)cccc1OC)CC. The summed E-state index contributed by atoms with van der Waals surface area (Å²) in [6, 6.07) is 5.07. The molecule has 0 amide bonds. The predicted molar refractivity (Wildman–Crippen MR) is 83.7 cm³/mol. The van der Waals surface area contributed by atoms with Crippen LogP contribution in [0.15, 0.2) is 18.2 Å². The lowest BCUT2D eigenvalue weighted by Gasteiger charge is -2.14. The van der Waals surface area contributed by atoms with Gasteiger partial charge in [-0.1, -0.05) is 39.2 Å². The Hall–Kier alpha value is -1.75. The Bertz CT molecular complexity index is 436. The van der Waals surface area contributed by atoms with Crippen molar-refractivity contribution in [2.75, 3.05) is 14.2 Å². The van der Waals surface area contributed by atoms with E-state index in [9.17, 15) is 4.79 Å². The first-order valence-electron chi connectivity index (χ1n) is 7.59. The Morgan fingerprint density at radius 1 is 1.18 bits per heavy atom. The third-order valence-corrected chi connectivity index (χ3v) is 3.46. The molecule has 0 bridgehead atoms. The highest BCUT2D eigenvalue weighted by molar-refractivity contribution is 5.95. The summed E-state index contributed by atoms with van der Waals surface area (Å²) in [4.78, 5) is 22.0. The molecular weight excluding hydrogens is 284 g/mol. The van der Waals surface area contributed by atoms with E-state index in [2.05, 4.69) is 13.8 Å². The summed E-state index contributed by atoms with van der Waals surface area (Å²) in [6.07, 6.45) is 4.20. The maximum Gasteiger partial charge on any atom is 0.380 e. The first kappa shape index (κ1) is 18.3. The molecule has 0 heterocycles. The summed E-state index contributed by atoms with van der Waals surface area (Å²) in [7, 11) is 2.97. The fourth-order valence-corrected chi connectivity index (χ4v) is 2.08. The van der Waals surface area contributed by atoms with Gasteiger partial charge in [-0.15, -0.1) is 0 Å². The van der Waals surface area contributed by atoms with Crippen molar-refractivity contribution in [3.63, 3.8) is 0 Å². The van der Waals surface area contributed by atoms with Gasteiger partial charge in [0.25, 0.3) is 0 Å². The second-order valence-electron chi connectivity index (χ2n) is 4.95. The van der Waals surface area contributed by atoms with Crippen LogP contribution in [-0.4, -0.2) is 20.2 Å². The highest BCUT2D eigenvalue weighted by Crippen LogP contribution is 2.29. The van der Waals surface area contributed by atoms with Crippen LogP contribution in [0.2, 0.25) is 0 Å². The molecule has 5 nitrogen and oxygen atoms in total. The molecule has 1 aromatic carbocycles. The molecule has 1 aromatic rings. The van der Waals surface area contributed by atoms with Gasteiger partial charge in [0.2, 0.25) is 0 Å². The highest BCUT2D eigenvalue weighted by Gasteiger charge is 2.21. The standard InChI is InChI=1S/C17H25O5/c1-5-7-9-13(6-2)12-21-22-17(18)16-14(19-3)10-8-11-15(16)20-4/h8,10-13H,5-7,9H2,1-4H3. The maximum absolute atomic E-state index is 12.2. The van der Waals surface area contributed by atoms with E-state index in [0.717, 1.165) is 25.7 Å². The minimum atomic E-state index is -0.643. The predicted octanol–water partition coefficient (Wildman–Crippen LogP) is 4.17. The molecule has 0 spiro atoms. The fraction of sp³-hybridized carbons (Fsp3) is 0.529. The zero-order chi connectivity index (χ0) is 16.4. The van der Waals surface area contributed by atoms with E-state index in [4.69, 9.17) is 19.2 Å². The van der Waals surface area contributed by atoms with Crippen LogP contribution in [0.1, 0.15) is 49.9 Å². The molecule has 0 aliphatic heterocycles. The van der Waals surface area contributed by atoms with Crippen molar-refractivity contribution in [1.82, 2.24) is 0 Å². The molecule has 1 rings (SSSR count). The number of unbranched alkanes of at least 4 members (excludes halogenated alkanes) is 1. The van der Waals surface area contributed by atoms with Gasteiger partial charge in [-0.2, -0.15) is 4.89 Å². The lowest BCUT2D eigenvalue weighted by Crippen LogP contribution is -2.11. The van der Waals surface area contributed by atoms with Crippen LogP contribution in [0.3, 0.4) is 0 Å². The minimum Gasteiger partial charge on any atom is -0.496 e. The average molecular weight is 309 g/mol. The number of carbonyl (C=O) groups is 1. The highest BCUT2D eigenvalue weighted by atomic mass is 17.2. The van der Waals surface area contributed by atoms with E-state index in [0.29, 0.717) is 11.5 Å². The quantitative estimate of drug-likeness (QED) is 0.479. The van der Waals surface area contributed by atoms with Crippen LogP contribution in [-0.2, 0) is 9.78 Å². The number of hydrogen-bond acceptors (Lipinski definition) is 5. The molecule has 0 aliphatic rings. The van der Waals surface area contributed by atoms with Gasteiger partial charge in [0, 0.05) is 0 Å². The molecule has 0 saturated heterocycles. The van der Waals surface area contributed by atoms with E-state index in [1.54, 1.807) is 24.8 Å². The van der Waals surface area contributed by atoms with Crippen molar-refractivity contribution in [3.8, 4) is 11.5 Å². The molecule has 5 heteroatoms. The summed E-state index contributed by atoms with van der Waals surface area (Å²) in [6.45, 7) is 5.79. The topological polar surface area (TPSA) is 54.0 Å². The van der Waals surface area contributed by atoms with Crippen LogP contribution in [0, 0.1) is 12.5 Å². The third kappa shape index (κ3) is 5.22. The number of benzene rings is 1. The number of ether oxygens (including phenoxy) is 2. The van der Waals surface area contributed by atoms with E-state index in [1.165, 1.54) is 14.2 Å². The molecule has 1 unspecified atom stereocenters. The van der Waals surface area contributed by atoms with Crippen LogP contribution < -0.4 is 9.47 Å². The molecule has 1 radical (unpaired) electrons. The van der Waals surface area contributed by atoms with E-state index in [1.807, 2.05) is 0 Å². The van der Waals surface area contributed by atoms with Crippen molar-refractivity contribution >= 4 is 5.97 Å². The summed E-state index contributed by atoms with van der Waals surface area (Å²) in [5, 5.41) is 0. The van der Waals surface area contributed by atoms with Crippen molar-refractivity contribution in [1.29, 1.82) is 0 Å². The van der Waals surface area contributed by atoms with Crippen LogP contribution >= 0.6 is 0 Å². The molecule has 0 fully saturated rings. The van der Waals surface area contributed by atoms with Gasteiger partial charge in [-0.25, -0.2) is 4.79 Å². The molecular formula is C17H25O5. The van der Waals surface area contributed by atoms with Crippen molar-refractivity contribution in [3.05, 3.63) is 30.4 Å². The van der Waals surface area contributed by atoms with Gasteiger partial charge in [0.15, 0.2) is 0 Å². The van der Waals surface area contributed by atoms with Crippen LogP contribution in [0.25, 0.3) is 0 Å². The first-order valence-corrected chi connectivity index (χ1v) is 7.59. The van der Waals surface area contributed by atoms with E-state index in [-0.39, 0.29) is 11.5 Å². The van der Waals surface area contributed by atoms with Gasteiger partial charge >= 0.3 is 5.97 Å². The molecule has 123 valence electrons. The van der Waals surface area contributed by atoms with Crippen molar-refractivity contribution in [2.45, 2.75) is 39.5 Å².